The van der Waals surface area contributed by atoms with Crippen LogP contribution in [-0.2, 0) is 0 Å². The summed E-state index contributed by atoms with van der Waals surface area (Å²) in [7, 11) is 0. The predicted octanol–water partition coefficient (Wildman–Crippen LogP) is 5.35. The standard InChI is InChI=1S/C16H15Cl2N/c17-13-8-14(18)10-16(9-13)19-15-6-12(7-15)11-4-2-1-3-5-11/h1-5,8-10,12,15,19H,6-7H2. The highest BCUT2D eigenvalue weighted by molar-refractivity contribution is 6.35. The highest BCUT2D eigenvalue weighted by atomic mass is 35.5. The van der Waals surface area contributed by atoms with Crippen LogP contribution in [0.2, 0.25) is 10.0 Å². The van der Waals surface area contributed by atoms with Gasteiger partial charge in [0.2, 0.25) is 0 Å². The van der Waals surface area contributed by atoms with Crippen molar-refractivity contribution in [2.45, 2.75) is 24.8 Å². The molecule has 0 unspecified atom stereocenters. The van der Waals surface area contributed by atoms with Crippen LogP contribution in [0, 0.1) is 0 Å². The number of benzene rings is 2. The molecule has 0 bridgehead atoms. The minimum atomic E-state index is 0.514. The lowest BCUT2D eigenvalue weighted by molar-refractivity contribution is 0.374. The molecule has 2 aromatic rings. The van der Waals surface area contributed by atoms with Gasteiger partial charge in [-0.1, -0.05) is 53.5 Å². The molecule has 2 aromatic carbocycles. The Bertz CT molecular complexity index is 542. The van der Waals surface area contributed by atoms with Crippen LogP contribution in [-0.4, -0.2) is 6.04 Å². The molecule has 0 spiro atoms. The fraction of sp³-hybridized carbons (Fsp3) is 0.250. The Balaban J connectivity index is 1.59. The number of anilines is 1. The molecule has 1 N–H and O–H groups in total. The second-order valence-electron chi connectivity index (χ2n) is 5.08. The maximum Gasteiger partial charge on any atom is 0.0441 e. The van der Waals surface area contributed by atoms with Crippen molar-refractivity contribution in [2.24, 2.45) is 0 Å². The molecule has 1 nitrogen and oxygen atoms in total. The van der Waals surface area contributed by atoms with Crippen molar-refractivity contribution in [2.75, 3.05) is 5.32 Å². The minimum absolute atomic E-state index is 0.514. The van der Waals surface area contributed by atoms with Gasteiger partial charge < -0.3 is 5.32 Å². The van der Waals surface area contributed by atoms with Gasteiger partial charge in [0.25, 0.3) is 0 Å². The van der Waals surface area contributed by atoms with Crippen molar-refractivity contribution < 1.29 is 0 Å². The minimum Gasteiger partial charge on any atom is -0.382 e. The summed E-state index contributed by atoms with van der Waals surface area (Å²) in [5.74, 6) is 0.674. The monoisotopic (exact) mass is 291 g/mol. The molecule has 0 aliphatic heterocycles. The van der Waals surface area contributed by atoms with Crippen LogP contribution in [0.3, 0.4) is 0 Å². The van der Waals surface area contributed by atoms with Crippen molar-refractivity contribution in [1.82, 2.24) is 0 Å². The fourth-order valence-corrected chi connectivity index (χ4v) is 3.13. The molecule has 1 aliphatic rings. The summed E-state index contributed by atoms with van der Waals surface area (Å²) < 4.78 is 0. The van der Waals surface area contributed by atoms with Crippen LogP contribution in [0.5, 0.6) is 0 Å². The molecular formula is C16H15Cl2N. The summed E-state index contributed by atoms with van der Waals surface area (Å²) in [6, 6.07) is 16.8. The van der Waals surface area contributed by atoms with E-state index < -0.39 is 0 Å². The van der Waals surface area contributed by atoms with Crippen LogP contribution in [0.15, 0.2) is 48.5 Å². The van der Waals surface area contributed by atoms with Gasteiger partial charge in [-0.25, -0.2) is 0 Å². The van der Waals surface area contributed by atoms with Crippen molar-refractivity contribution in [1.29, 1.82) is 0 Å². The van der Waals surface area contributed by atoms with E-state index in [2.05, 4.69) is 35.6 Å². The molecule has 0 heterocycles. The molecular weight excluding hydrogens is 277 g/mol. The molecule has 0 aromatic heterocycles. The first-order valence-corrected chi connectivity index (χ1v) is 7.24. The molecule has 19 heavy (non-hydrogen) atoms. The Hall–Kier alpha value is -1.18. The smallest absolute Gasteiger partial charge is 0.0441 e. The average molecular weight is 292 g/mol. The van der Waals surface area contributed by atoms with Crippen molar-refractivity contribution in [3.05, 3.63) is 64.1 Å². The summed E-state index contributed by atoms with van der Waals surface area (Å²) in [5.41, 5.74) is 2.44. The highest BCUT2D eigenvalue weighted by Gasteiger charge is 2.29. The van der Waals surface area contributed by atoms with E-state index in [-0.39, 0.29) is 0 Å². The second kappa shape index (κ2) is 5.44. The van der Waals surface area contributed by atoms with Crippen LogP contribution in [0.1, 0.15) is 24.3 Å². The summed E-state index contributed by atoms with van der Waals surface area (Å²) in [6.07, 6.45) is 2.32. The van der Waals surface area contributed by atoms with Crippen LogP contribution in [0.25, 0.3) is 0 Å². The quantitative estimate of drug-likeness (QED) is 0.804. The Morgan fingerprint density at radius 1 is 0.895 bits per heavy atom. The zero-order valence-corrected chi connectivity index (χ0v) is 12.0. The average Bonchev–Trinajstić information content (AvgIpc) is 2.33. The van der Waals surface area contributed by atoms with Gasteiger partial charge in [-0.05, 0) is 42.5 Å². The maximum absolute atomic E-state index is 5.99. The molecule has 1 saturated carbocycles. The summed E-state index contributed by atoms with van der Waals surface area (Å²) in [5, 5.41) is 4.84. The summed E-state index contributed by atoms with van der Waals surface area (Å²) >= 11 is 12.0. The van der Waals surface area contributed by atoms with Gasteiger partial charge in [0.15, 0.2) is 0 Å². The Kier molecular flexibility index (Phi) is 3.67. The third-order valence-corrected chi connectivity index (χ3v) is 4.08. The zero-order valence-electron chi connectivity index (χ0n) is 10.4. The number of halogens is 2. The maximum atomic E-state index is 5.99. The van der Waals surface area contributed by atoms with Gasteiger partial charge in [-0.2, -0.15) is 0 Å². The van der Waals surface area contributed by atoms with E-state index in [1.807, 2.05) is 12.1 Å². The first kappa shape index (κ1) is 12.8. The predicted molar refractivity (Wildman–Crippen MR) is 82.3 cm³/mol. The van der Waals surface area contributed by atoms with Crippen molar-refractivity contribution in [3.8, 4) is 0 Å². The molecule has 3 heteroatoms. The Morgan fingerprint density at radius 2 is 1.53 bits per heavy atom. The molecule has 0 amide bonds. The molecule has 0 saturated heterocycles. The van der Waals surface area contributed by atoms with Gasteiger partial charge in [-0.3, -0.25) is 0 Å². The summed E-state index contributed by atoms with van der Waals surface area (Å²) in [4.78, 5) is 0. The van der Waals surface area contributed by atoms with Gasteiger partial charge in [0.05, 0.1) is 0 Å². The lowest BCUT2D eigenvalue weighted by atomic mass is 9.76. The summed E-state index contributed by atoms with van der Waals surface area (Å²) in [6.45, 7) is 0. The zero-order chi connectivity index (χ0) is 13.2. The van der Waals surface area contributed by atoms with E-state index in [9.17, 15) is 0 Å². The van der Waals surface area contributed by atoms with Crippen molar-refractivity contribution in [3.63, 3.8) is 0 Å². The molecule has 1 aliphatic carbocycles. The first-order chi connectivity index (χ1) is 9.20. The van der Waals surface area contributed by atoms with E-state index in [4.69, 9.17) is 23.2 Å². The topological polar surface area (TPSA) is 12.0 Å². The number of hydrogen-bond acceptors (Lipinski definition) is 1. The Labute approximate surface area is 123 Å². The van der Waals surface area contributed by atoms with Gasteiger partial charge in [0, 0.05) is 21.8 Å². The van der Waals surface area contributed by atoms with Gasteiger partial charge in [-0.15, -0.1) is 0 Å². The Morgan fingerprint density at radius 3 is 2.16 bits per heavy atom. The van der Waals surface area contributed by atoms with E-state index in [0.717, 1.165) is 18.5 Å². The third-order valence-electron chi connectivity index (χ3n) is 3.64. The third kappa shape index (κ3) is 3.05. The highest BCUT2D eigenvalue weighted by Crippen LogP contribution is 2.38. The first-order valence-electron chi connectivity index (χ1n) is 6.48. The van der Waals surface area contributed by atoms with E-state index in [0.29, 0.717) is 22.0 Å². The second-order valence-corrected chi connectivity index (χ2v) is 5.95. The SMILES string of the molecule is Clc1cc(Cl)cc(NC2CC(c3ccccc3)C2)c1. The number of rotatable bonds is 3. The fourth-order valence-electron chi connectivity index (χ4n) is 2.61. The van der Waals surface area contributed by atoms with E-state index in [1.54, 1.807) is 6.07 Å². The number of nitrogens with one attached hydrogen (secondary N) is 1. The van der Waals surface area contributed by atoms with Gasteiger partial charge >= 0.3 is 0 Å². The van der Waals surface area contributed by atoms with Crippen LogP contribution in [0.4, 0.5) is 5.69 Å². The lowest BCUT2D eigenvalue weighted by Gasteiger charge is -2.37. The molecule has 0 radical (unpaired) electrons. The van der Waals surface area contributed by atoms with Crippen LogP contribution < -0.4 is 5.32 Å². The van der Waals surface area contributed by atoms with E-state index in [1.165, 1.54) is 5.56 Å². The van der Waals surface area contributed by atoms with E-state index >= 15 is 0 Å². The van der Waals surface area contributed by atoms with Crippen molar-refractivity contribution >= 4 is 28.9 Å². The van der Waals surface area contributed by atoms with Crippen LogP contribution >= 0.6 is 23.2 Å². The molecule has 3 rings (SSSR count). The molecule has 98 valence electrons. The largest absolute Gasteiger partial charge is 0.382 e. The van der Waals surface area contributed by atoms with Gasteiger partial charge in [0.1, 0.15) is 0 Å². The normalized spacial score (nSPS) is 21.8. The molecule has 1 fully saturated rings. The molecule has 0 atom stereocenters. The lowest BCUT2D eigenvalue weighted by Crippen LogP contribution is -2.33. The number of hydrogen-bond donors (Lipinski definition) is 1.